The fraction of sp³-hybridized carbons (Fsp3) is 0.769. The molecular formula is C13H23N5O2. The molecule has 7 nitrogen and oxygen atoms in total. The van der Waals surface area contributed by atoms with Gasteiger partial charge in [-0.05, 0) is 27.7 Å². The van der Waals surface area contributed by atoms with Crippen LogP contribution in [-0.2, 0) is 9.53 Å². The van der Waals surface area contributed by atoms with Crippen molar-refractivity contribution in [1.29, 1.82) is 0 Å². The molecule has 1 fully saturated rings. The van der Waals surface area contributed by atoms with Gasteiger partial charge in [0.1, 0.15) is 5.82 Å². The lowest BCUT2D eigenvalue weighted by Crippen LogP contribution is -2.49. The standard InChI is InChI=1S/C13H23N5O2/c1-8-5-18(6-9(2)20-8)7-12(19)14-10(3)13-15-11(4)16-17-13/h8-10H,5-7H2,1-4H3,(H,14,19)(H,15,16,17)/t8-,9+,10-/m0/s1. The summed E-state index contributed by atoms with van der Waals surface area (Å²) in [6.07, 6.45) is 0.333. The first-order valence-corrected chi connectivity index (χ1v) is 7.00. The maximum Gasteiger partial charge on any atom is 0.234 e. The molecular weight excluding hydrogens is 258 g/mol. The van der Waals surface area contributed by atoms with Crippen LogP contribution in [0.2, 0.25) is 0 Å². The smallest absolute Gasteiger partial charge is 0.234 e. The molecule has 1 aromatic rings. The van der Waals surface area contributed by atoms with Crippen molar-refractivity contribution in [3.05, 3.63) is 11.6 Å². The topological polar surface area (TPSA) is 83.1 Å². The van der Waals surface area contributed by atoms with Crippen molar-refractivity contribution in [2.45, 2.75) is 45.9 Å². The molecule has 2 rings (SSSR count). The minimum Gasteiger partial charge on any atom is -0.373 e. The highest BCUT2D eigenvalue weighted by Gasteiger charge is 2.24. The highest BCUT2D eigenvalue weighted by molar-refractivity contribution is 5.78. The number of hydrogen-bond donors (Lipinski definition) is 2. The zero-order valence-corrected chi connectivity index (χ0v) is 12.5. The van der Waals surface area contributed by atoms with Gasteiger partial charge in [-0.15, -0.1) is 0 Å². The molecule has 2 heterocycles. The van der Waals surface area contributed by atoms with Crippen molar-refractivity contribution >= 4 is 5.91 Å². The minimum absolute atomic E-state index is 0.0127. The summed E-state index contributed by atoms with van der Waals surface area (Å²) in [5.41, 5.74) is 0. The van der Waals surface area contributed by atoms with Gasteiger partial charge in [0.15, 0.2) is 5.82 Å². The van der Waals surface area contributed by atoms with E-state index in [1.807, 2.05) is 27.7 Å². The van der Waals surface area contributed by atoms with Crippen molar-refractivity contribution in [3.8, 4) is 0 Å². The van der Waals surface area contributed by atoms with Crippen molar-refractivity contribution in [2.75, 3.05) is 19.6 Å². The largest absolute Gasteiger partial charge is 0.373 e. The number of carbonyl (C=O) groups excluding carboxylic acids is 1. The van der Waals surface area contributed by atoms with E-state index < -0.39 is 0 Å². The van der Waals surface area contributed by atoms with Crippen LogP contribution in [0.4, 0.5) is 0 Å². The molecule has 0 unspecified atom stereocenters. The fourth-order valence-electron chi connectivity index (χ4n) is 2.52. The van der Waals surface area contributed by atoms with E-state index in [-0.39, 0.29) is 24.2 Å². The Labute approximate surface area is 119 Å². The van der Waals surface area contributed by atoms with E-state index in [2.05, 4.69) is 25.4 Å². The van der Waals surface area contributed by atoms with Crippen LogP contribution in [0.15, 0.2) is 0 Å². The molecule has 0 aliphatic carbocycles. The van der Waals surface area contributed by atoms with E-state index >= 15 is 0 Å². The van der Waals surface area contributed by atoms with Gasteiger partial charge < -0.3 is 10.1 Å². The van der Waals surface area contributed by atoms with Crippen LogP contribution in [0, 0.1) is 6.92 Å². The van der Waals surface area contributed by atoms with Crippen LogP contribution in [0.5, 0.6) is 0 Å². The van der Waals surface area contributed by atoms with Gasteiger partial charge in [-0.3, -0.25) is 14.8 Å². The molecule has 0 saturated carbocycles. The Morgan fingerprint density at radius 3 is 2.70 bits per heavy atom. The Morgan fingerprint density at radius 1 is 1.50 bits per heavy atom. The Morgan fingerprint density at radius 2 is 2.15 bits per heavy atom. The summed E-state index contributed by atoms with van der Waals surface area (Å²) < 4.78 is 5.65. The number of nitrogens with zero attached hydrogens (tertiary/aromatic N) is 3. The molecule has 1 aromatic heterocycles. The number of aryl methyl sites for hydroxylation is 1. The zero-order valence-electron chi connectivity index (χ0n) is 12.5. The molecule has 2 N–H and O–H groups in total. The third-order valence-corrected chi connectivity index (χ3v) is 3.24. The lowest BCUT2D eigenvalue weighted by atomic mass is 10.2. The predicted molar refractivity (Wildman–Crippen MR) is 74.1 cm³/mol. The van der Waals surface area contributed by atoms with E-state index in [9.17, 15) is 4.79 Å². The van der Waals surface area contributed by atoms with Crippen molar-refractivity contribution in [1.82, 2.24) is 25.4 Å². The van der Waals surface area contributed by atoms with E-state index in [1.54, 1.807) is 0 Å². The lowest BCUT2D eigenvalue weighted by Gasteiger charge is -2.34. The molecule has 0 aromatic carbocycles. The number of hydrogen-bond acceptors (Lipinski definition) is 5. The van der Waals surface area contributed by atoms with E-state index in [0.29, 0.717) is 12.4 Å². The Balaban J connectivity index is 1.83. The minimum atomic E-state index is -0.191. The third kappa shape index (κ3) is 4.01. The summed E-state index contributed by atoms with van der Waals surface area (Å²) in [5.74, 6) is 1.35. The first kappa shape index (κ1) is 14.9. The van der Waals surface area contributed by atoms with Gasteiger partial charge >= 0.3 is 0 Å². The Bertz CT molecular complexity index is 451. The van der Waals surface area contributed by atoms with Gasteiger partial charge in [0.05, 0.1) is 24.8 Å². The quantitative estimate of drug-likeness (QED) is 0.834. The average Bonchev–Trinajstić information content (AvgIpc) is 2.74. The first-order chi connectivity index (χ1) is 9.44. The summed E-state index contributed by atoms with van der Waals surface area (Å²) in [7, 11) is 0. The molecule has 0 radical (unpaired) electrons. The van der Waals surface area contributed by atoms with Crippen LogP contribution in [0.1, 0.15) is 38.5 Å². The van der Waals surface area contributed by atoms with Crippen molar-refractivity contribution in [2.24, 2.45) is 0 Å². The third-order valence-electron chi connectivity index (χ3n) is 3.24. The molecule has 0 spiro atoms. The molecule has 112 valence electrons. The molecule has 1 aliphatic rings. The SMILES string of the molecule is Cc1nc([C@H](C)NC(=O)CN2C[C@@H](C)O[C@@H](C)C2)n[nH]1. The summed E-state index contributed by atoms with van der Waals surface area (Å²) in [4.78, 5) is 18.4. The highest BCUT2D eigenvalue weighted by atomic mass is 16.5. The molecule has 3 atom stereocenters. The van der Waals surface area contributed by atoms with E-state index in [1.165, 1.54) is 0 Å². The number of morpholine rings is 1. The summed E-state index contributed by atoms with van der Waals surface area (Å²) in [5, 5.41) is 9.75. The second kappa shape index (κ2) is 6.32. The number of nitrogens with one attached hydrogen (secondary N) is 2. The molecule has 0 bridgehead atoms. The van der Waals surface area contributed by atoms with Gasteiger partial charge in [-0.1, -0.05) is 0 Å². The van der Waals surface area contributed by atoms with Gasteiger partial charge in [0, 0.05) is 13.1 Å². The lowest BCUT2D eigenvalue weighted by molar-refractivity contribution is -0.126. The predicted octanol–water partition coefficient (Wildman–Crippen LogP) is 0.400. The number of carbonyl (C=O) groups is 1. The van der Waals surface area contributed by atoms with Crippen LogP contribution >= 0.6 is 0 Å². The normalized spacial score (nSPS) is 25.4. The molecule has 1 amide bonds. The number of amides is 1. The number of ether oxygens (including phenoxy) is 1. The highest BCUT2D eigenvalue weighted by Crippen LogP contribution is 2.11. The van der Waals surface area contributed by atoms with Crippen molar-refractivity contribution in [3.63, 3.8) is 0 Å². The summed E-state index contributed by atoms with van der Waals surface area (Å²) >= 11 is 0. The maximum absolute atomic E-state index is 12.1. The molecule has 1 aliphatic heterocycles. The van der Waals surface area contributed by atoms with Crippen LogP contribution in [0.25, 0.3) is 0 Å². The number of rotatable bonds is 4. The van der Waals surface area contributed by atoms with Gasteiger partial charge in [-0.2, -0.15) is 5.10 Å². The van der Waals surface area contributed by atoms with Gasteiger partial charge in [0.2, 0.25) is 5.91 Å². The monoisotopic (exact) mass is 281 g/mol. The number of aromatic nitrogens is 3. The summed E-state index contributed by atoms with van der Waals surface area (Å²) in [6, 6.07) is -0.191. The Kier molecular flexibility index (Phi) is 4.72. The first-order valence-electron chi connectivity index (χ1n) is 7.00. The number of H-pyrrole nitrogens is 1. The van der Waals surface area contributed by atoms with E-state index in [4.69, 9.17) is 4.74 Å². The second-order valence-corrected chi connectivity index (χ2v) is 5.52. The molecule has 7 heteroatoms. The Hall–Kier alpha value is -1.47. The average molecular weight is 281 g/mol. The van der Waals surface area contributed by atoms with Crippen LogP contribution < -0.4 is 5.32 Å². The molecule has 1 saturated heterocycles. The zero-order chi connectivity index (χ0) is 14.7. The summed E-state index contributed by atoms with van der Waals surface area (Å²) in [6.45, 7) is 9.72. The maximum atomic E-state index is 12.1. The molecule has 20 heavy (non-hydrogen) atoms. The number of aromatic amines is 1. The van der Waals surface area contributed by atoms with Crippen LogP contribution in [-0.4, -0.2) is 57.8 Å². The van der Waals surface area contributed by atoms with Gasteiger partial charge in [-0.25, -0.2) is 4.98 Å². The van der Waals surface area contributed by atoms with Crippen LogP contribution in [0.3, 0.4) is 0 Å². The van der Waals surface area contributed by atoms with Crippen molar-refractivity contribution < 1.29 is 9.53 Å². The van der Waals surface area contributed by atoms with Gasteiger partial charge in [0.25, 0.3) is 0 Å². The fourth-order valence-corrected chi connectivity index (χ4v) is 2.52. The van der Waals surface area contributed by atoms with E-state index in [0.717, 1.165) is 18.9 Å². The second-order valence-electron chi connectivity index (χ2n) is 5.52.